The number of rotatable bonds is 5. The van der Waals surface area contributed by atoms with Crippen LogP contribution in [-0.2, 0) is 11.3 Å². The Balaban J connectivity index is 1.30. The van der Waals surface area contributed by atoms with E-state index < -0.39 is 0 Å². The molecule has 1 N–H and O–H groups in total. The van der Waals surface area contributed by atoms with Crippen molar-refractivity contribution >= 4 is 23.3 Å². The van der Waals surface area contributed by atoms with Gasteiger partial charge in [-0.2, -0.15) is 0 Å². The molecule has 0 aliphatic carbocycles. The van der Waals surface area contributed by atoms with Crippen LogP contribution in [0.1, 0.15) is 34.3 Å². The second-order valence-electron chi connectivity index (χ2n) is 8.08. The summed E-state index contributed by atoms with van der Waals surface area (Å²) < 4.78 is 5.31. The lowest BCUT2D eigenvalue weighted by Gasteiger charge is -2.33. The number of carbonyl (C=O) groups is 1. The standard InChI is InChI=1S/C23H29ClN4O2/c1-17-4-2-3-5-18(17)16-27-8-6-20(7-9-27)26-22-21(24)14-19(15-25-22)23(29)28-10-12-30-13-11-28/h2-5,14-15,20H,6-13,16H2,1H3,(H,25,26). The molecule has 0 bridgehead atoms. The van der Waals surface area contributed by atoms with Gasteiger partial charge < -0.3 is 15.0 Å². The minimum absolute atomic E-state index is 0.0382. The highest BCUT2D eigenvalue weighted by atomic mass is 35.5. The van der Waals surface area contributed by atoms with Gasteiger partial charge in [0.05, 0.1) is 23.8 Å². The summed E-state index contributed by atoms with van der Waals surface area (Å²) in [6.45, 7) is 7.62. The van der Waals surface area contributed by atoms with Crippen LogP contribution in [-0.4, -0.2) is 66.1 Å². The molecule has 2 saturated heterocycles. The Bertz CT molecular complexity index is 877. The molecule has 0 unspecified atom stereocenters. The Morgan fingerprint density at radius 2 is 1.93 bits per heavy atom. The molecular weight excluding hydrogens is 400 g/mol. The monoisotopic (exact) mass is 428 g/mol. The predicted octanol–water partition coefficient (Wildman–Crippen LogP) is 3.59. The predicted molar refractivity (Wildman–Crippen MR) is 119 cm³/mol. The smallest absolute Gasteiger partial charge is 0.255 e. The minimum Gasteiger partial charge on any atom is -0.378 e. The number of ether oxygens (including phenoxy) is 1. The van der Waals surface area contributed by atoms with Gasteiger partial charge in [0.25, 0.3) is 5.91 Å². The third-order valence-corrected chi connectivity index (χ3v) is 6.26. The SMILES string of the molecule is Cc1ccccc1CN1CCC(Nc2ncc(C(=O)N3CCOCC3)cc2Cl)CC1. The van der Waals surface area contributed by atoms with Gasteiger partial charge in [0.1, 0.15) is 5.82 Å². The van der Waals surface area contributed by atoms with Crippen molar-refractivity contribution in [2.45, 2.75) is 32.4 Å². The van der Waals surface area contributed by atoms with Crippen molar-refractivity contribution in [3.63, 3.8) is 0 Å². The van der Waals surface area contributed by atoms with Crippen molar-refractivity contribution in [3.05, 3.63) is 58.2 Å². The molecule has 0 saturated carbocycles. The number of piperidine rings is 1. The first-order valence-electron chi connectivity index (χ1n) is 10.7. The number of amides is 1. The number of hydrogen-bond donors (Lipinski definition) is 1. The molecule has 6 nitrogen and oxygen atoms in total. The van der Waals surface area contributed by atoms with E-state index in [1.54, 1.807) is 17.2 Å². The van der Waals surface area contributed by atoms with Crippen LogP contribution in [0.5, 0.6) is 0 Å². The molecule has 30 heavy (non-hydrogen) atoms. The fourth-order valence-electron chi connectivity index (χ4n) is 4.07. The number of morpholine rings is 1. The highest BCUT2D eigenvalue weighted by Gasteiger charge is 2.22. The number of aromatic nitrogens is 1. The molecule has 0 radical (unpaired) electrons. The first-order chi connectivity index (χ1) is 14.6. The minimum atomic E-state index is -0.0382. The largest absolute Gasteiger partial charge is 0.378 e. The van der Waals surface area contributed by atoms with Gasteiger partial charge >= 0.3 is 0 Å². The number of nitrogens with one attached hydrogen (secondary N) is 1. The van der Waals surface area contributed by atoms with E-state index in [4.69, 9.17) is 16.3 Å². The molecule has 1 aromatic carbocycles. The zero-order valence-corrected chi connectivity index (χ0v) is 18.2. The van der Waals surface area contributed by atoms with Crippen LogP contribution in [0.25, 0.3) is 0 Å². The molecule has 3 heterocycles. The summed E-state index contributed by atoms with van der Waals surface area (Å²) in [6, 6.07) is 10.6. The lowest BCUT2D eigenvalue weighted by Crippen LogP contribution is -2.40. The molecule has 7 heteroatoms. The van der Waals surface area contributed by atoms with Gasteiger partial charge in [-0.05, 0) is 37.0 Å². The number of pyridine rings is 1. The summed E-state index contributed by atoms with van der Waals surface area (Å²) in [5.74, 6) is 0.622. The van der Waals surface area contributed by atoms with Crippen LogP contribution in [0.4, 0.5) is 5.82 Å². The van der Waals surface area contributed by atoms with Crippen LogP contribution >= 0.6 is 11.6 Å². The molecule has 160 valence electrons. The molecule has 4 rings (SSSR count). The van der Waals surface area contributed by atoms with Gasteiger partial charge in [-0.25, -0.2) is 4.98 Å². The quantitative estimate of drug-likeness (QED) is 0.788. The summed E-state index contributed by atoms with van der Waals surface area (Å²) in [7, 11) is 0. The van der Waals surface area contributed by atoms with Crippen LogP contribution < -0.4 is 5.32 Å². The second kappa shape index (κ2) is 9.77. The van der Waals surface area contributed by atoms with E-state index in [1.807, 2.05) is 0 Å². The number of carbonyl (C=O) groups excluding carboxylic acids is 1. The van der Waals surface area contributed by atoms with Crippen molar-refractivity contribution in [2.75, 3.05) is 44.7 Å². The van der Waals surface area contributed by atoms with E-state index in [2.05, 4.69) is 46.4 Å². The number of anilines is 1. The average molecular weight is 429 g/mol. The Hall–Kier alpha value is -2.15. The maximum absolute atomic E-state index is 12.6. The fraction of sp³-hybridized carbons (Fsp3) is 0.478. The number of halogens is 1. The second-order valence-corrected chi connectivity index (χ2v) is 8.49. The third kappa shape index (κ3) is 5.12. The lowest BCUT2D eigenvalue weighted by atomic mass is 10.0. The van der Waals surface area contributed by atoms with Crippen LogP contribution in [0, 0.1) is 6.92 Å². The Kier molecular flexibility index (Phi) is 6.87. The van der Waals surface area contributed by atoms with Crippen LogP contribution in [0.3, 0.4) is 0 Å². The van der Waals surface area contributed by atoms with Gasteiger partial charge in [-0.3, -0.25) is 9.69 Å². The van der Waals surface area contributed by atoms with Gasteiger partial charge in [-0.1, -0.05) is 35.9 Å². The number of nitrogens with zero attached hydrogens (tertiary/aromatic N) is 3. The molecule has 2 aliphatic heterocycles. The molecular formula is C23H29ClN4O2. The van der Waals surface area contributed by atoms with Crippen molar-refractivity contribution in [1.82, 2.24) is 14.8 Å². The molecule has 0 atom stereocenters. The van der Waals surface area contributed by atoms with Gasteiger partial charge in [0, 0.05) is 45.0 Å². The van der Waals surface area contributed by atoms with Gasteiger partial charge in [0.2, 0.25) is 0 Å². The summed E-state index contributed by atoms with van der Waals surface area (Å²) in [5.41, 5.74) is 3.27. The maximum Gasteiger partial charge on any atom is 0.255 e. The Labute approximate surface area is 183 Å². The molecule has 2 aliphatic rings. The average Bonchev–Trinajstić information content (AvgIpc) is 2.78. The van der Waals surface area contributed by atoms with Crippen LogP contribution in [0.2, 0.25) is 5.02 Å². The van der Waals surface area contributed by atoms with Gasteiger partial charge in [0.15, 0.2) is 0 Å². The molecule has 2 fully saturated rings. The van der Waals surface area contributed by atoms with E-state index in [0.717, 1.165) is 32.5 Å². The fourth-order valence-corrected chi connectivity index (χ4v) is 4.29. The Morgan fingerprint density at radius 1 is 1.20 bits per heavy atom. The highest BCUT2D eigenvalue weighted by Crippen LogP contribution is 2.25. The van der Waals surface area contributed by atoms with E-state index in [-0.39, 0.29) is 5.91 Å². The molecule has 1 amide bonds. The van der Waals surface area contributed by atoms with Crippen molar-refractivity contribution < 1.29 is 9.53 Å². The van der Waals surface area contributed by atoms with Crippen molar-refractivity contribution in [2.24, 2.45) is 0 Å². The first kappa shape index (κ1) is 21.1. The normalized spacial score (nSPS) is 18.4. The molecule has 1 aromatic heterocycles. The summed E-state index contributed by atoms with van der Waals surface area (Å²) >= 11 is 6.45. The van der Waals surface area contributed by atoms with Gasteiger partial charge in [-0.15, -0.1) is 0 Å². The zero-order chi connectivity index (χ0) is 20.9. The maximum atomic E-state index is 12.6. The number of hydrogen-bond acceptors (Lipinski definition) is 5. The van der Waals surface area contributed by atoms with E-state index in [0.29, 0.717) is 48.7 Å². The summed E-state index contributed by atoms with van der Waals surface area (Å²) in [4.78, 5) is 21.3. The first-order valence-corrected chi connectivity index (χ1v) is 11.0. The number of aryl methyl sites for hydroxylation is 1. The van der Waals surface area contributed by atoms with Crippen LogP contribution in [0.15, 0.2) is 36.5 Å². The molecule has 2 aromatic rings. The zero-order valence-electron chi connectivity index (χ0n) is 17.4. The van der Waals surface area contributed by atoms with E-state index >= 15 is 0 Å². The topological polar surface area (TPSA) is 57.7 Å². The highest BCUT2D eigenvalue weighted by molar-refractivity contribution is 6.33. The van der Waals surface area contributed by atoms with Crippen molar-refractivity contribution in [1.29, 1.82) is 0 Å². The molecule has 0 spiro atoms. The summed E-state index contributed by atoms with van der Waals surface area (Å²) in [6.07, 6.45) is 3.70. The number of benzene rings is 1. The lowest BCUT2D eigenvalue weighted by molar-refractivity contribution is 0.0302. The van der Waals surface area contributed by atoms with Crippen molar-refractivity contribution in [3.8, 4) is 0 Å². The number of likely N-dealkylation sites (tertiary alicyclic amines) is 1. The van der Waals surface area contributed by atoms with E-state index in [1.165, 1.54) is 11.1 Å². The summed E-state index contributed by atoms with van der Waals surface area (Å²) in [5, 5.41) is 3.97. The Morgan fingerprint density at radius 3 is 2.63 bits per heavy atom. The third-order valence-electron chi connectivity index (χ3n) is 5.97. The van der Waals surface area contributed by atoms with E-state index in [9.17, 15) is 4.79 Å².